The molecule has 4 heteroatoms. The Balaban J connectivity index is 2.13. The number of carbonyl (C=O) groups is 1. The van der Waals surface area contributed by atoms with Crippen molar-refractivity contribution >= 4 is 14.0 Å². The van der Waals surface area contributed by atoms with Gasteiger partial charge in [0.15, 0.2) is 0 Å². The van der Waals surface area contributed by atoms with Gasteiger partial charge in [0.05, 0.1) is 14.7 Å². The van der Waals surface area contributed by atoms with Crippen LogP contribution in [0.4, 0.5) is 0 Å². The molecule has 26 heavy (non-hydrogen) atoms. The van der Waals surface area contributed by atoms with E-state index in [1.54, 1.807) is 0 Å². The van der Waals surface area contributed by atoms with Crippen LogP contribution < -0.4 is 4.74 Å². The molecule has 0 saturated heterocycles. The lowest BCUT2D eigenvalue weighted by molar-refractivity contribution is -0.133. The third kappa shape index (κ3) is 4.47. The van der Waals surface area contributed by atoms with E-state index in [0.717, 1.165) is 11.5 Å². The normalized spacial score (nSPS) is 16.6. The summed E-state index contributed by atoms with van der Waals surface area (Å²) in [5, 5.41) is 0. The molecule has 1 heterocycles. The number of rotatable bonds is 8. The lowest BCUT2D eigenvalue weighted by atomic mass is 10.2. The molecule has 1 aliphatic heterocycles. The first kappa shape index (κ1) is 20.5. The van der Waals surface area contributed by atoms with Crippen molar-refractivity contribution < 1.29 is 14.3 Å². The van der Waals surface area contributed by atoms with Crippen molar-refractivity contribution in [3.63, 3.8) is 0 Å². The van der Waals surface area contributed by atoms with Gasteiger partial charge in [-0.3, -0.25) is 0 Å². The number of esters is 1. The van der Waals surface area contributed by atoms with Crippen LogP contribution in [0.3, 0.4) is 0 Å². The first-order chi connectivity index (χ1) is 12.3. The maximum absolute atomic E-state index is 12.3. The molecule has 1 aliphatic rings. The van der Waals surface area contributed by atoms with Crippen molar-refractivity contribution in [2.45, 2.75) is 64.6 Å². The highest BCUT2D eigenvalue weighted by molar-refractivity contribution is 6.88. The second-order valence-electron chi connectivity index (χ2n) is 7.98. The molecule has 3 nitrogen and oxygen atoms in total. The van der Waals surface area contributed by atoms with Gasteiger partial charge in [-0.2, -0.15) is 0 Å². The molecule has 0 saturated carbocycles. The van der Waals surface area contributed by atoms with Crippen LogP contribution >= 0.6 is 0 Å². The molecule has 0 amide bonds. The third-order valence-electron chi connectivity index (χ3n) is 5.56. The molecule has 1 aromatic carbocycles. The Bertz CT molecular complexity index is 650. The van der Waals surface area contributed by atoms with Gasteiger partial charge in [-0.1, -0.05) is 65.4 Å². The average Bonchev–Trinajstić information content (AvgIpc) is 2.92. The summed E-state index contributed by atoms with van der Waals surface area (Å²) in [5.74, 6) is 1.33. The zero-order chi connectivity index (χ0) is 19.3. The van der Waals surface area contributed by atoms with Gasteiger partial charge in [0, 0.05) is 12.0 Å². The minimum atomic E-state index is -1.75. The number of hydrogen-bond donors (Lipinski definition) is 0. The van der Waals surface area contributed by atoms with Gasteiger partial charge >= 0.3 is 5.97 Å². The van der Waals surface area contributed by atoms with Crippen LogP contribution in [0.25, 0.3) is 0 Å². The van der Waals surface area contributed by atoms with Crippen LogP contribution in [0.15, 0.2) is 53.4 Å². The smallest absolute Gasteiger partial charge is 0.339 e. The fraction of sp³-hybridized carbons (Fsp3) is 0.500. The van der Waals surface area contributed by atoms with Crippen LogP contribution in [-0.2, 0) is 9.53 Å². The molecule has 0 N–H and O–H groups in total. The Labute approximate surface area is 159 Å². The second-order valence-corrected chi connectivity index (χ2v) is 13.7. The zero-order valence-electron chi connectivity index (χ0n) is 16.9. The van der Waals surface area contributed by atoms with Crippen molar-refractivity contribution in [3.8, 4) is 5.75 Å². The van der Waals surface area contributed by atoms with Gasteiger partial charge in [0.2, 0.25) is 0 Å². The van der Waals surface area contributed by atoms with E-state index in [9.17, 15) is 4.79 Å². The van der Waals surface area contributed by atoms with Gasteiger partial charge in [-0.05, 0) is 34.8 Å². The molecule has 0 bridgehead atoms. The predicted octanol–water partition coefficient (Wildman–Crippen LogP) is 6.04. The molecular weight excluding hydrogens is 340 g/mol. The summed E-state index contributed by atoms with van der Waals surface area (Å²) < 4.78 is 11.3. The van der Waals surface area contributed by atoms with Gasteiger partial charge < -0.3 is 9.47 Å². The van der Waals surface area contributed by atoms with Crippen LogP contribution in [0.5, 0.6) is 5.75 Å². The fourth-order valence-electron chi connectivity index (χ4n) is 4.22. The highest BCUT2D eigenvalue weighted by Crippen LogP contribution is 2.43. The largest absolute Gasteiger partial charge is 0.493 e. The van der Waals surface area contributed by atoms with Crippen LogP contribution in [-0.4, -0.2) is 20.7 Å². The monoisotopic (exact) mass is 372 g/mol. The SMILES string of the molecule is CC(C)[Si](/C=C1/C=C(CCOc2ccccc2)C(=O)O1)(C(C)C)C(C)C. The summed E-state index contributed by atoms with van der Waals surface area (Å²) in [5.41, 5.74) is 4.79. The van der Waals surface area contributed by atoms with Gasteiger partial charge in [0.1, 0.15) is 11.5 Å². The van der Waals surface area contributed by atoms with E-state index in [2.05, 4.69) is 47.2 Å². The Morgan fingerprint density at radius 1 is 1.00 bits per heavy atom. The maximum Gasteiger partial charge on any atom is 0.339 e. The topological polar surface area (TPSA) is 35.5 Å². The molecule has 0 atom stereocenters. The number of ether oxygens (including phenoxy) is 2. The molecule has 0 radical (unpaired) electrons. The van der Waals surface area contributed by atoms with Crippen LogP contribution in [0.2, 0.25) is 16.6 Å². The predicted molar refractivity (Wildman–Crippen MR) is 110 cm³/mol. The highest BCUT2D eigenvalue weighted by atomic mass is 28.3. The molecule has 0 spiro atoms. The molecule has 0 aromatic heterocycles. The Morgan fingerprint density at radius 3 is 2.12 bits per heavy atom. The molecule has 0 aliphatic carbocycles. The first-order valence-electron chi connectivity index (χ1n) is 9.60. The van der Waals surface area contributed by atoms with Crippen molar-refractivity contribution in [2.24, 2.45) is 0 Å². The molecule has 142 valence electrons. The number of hydrogen-bond acceptors (Lipinski definition) is 3. The summed E-state index contributed by atoms with van der Waals surface area (Å²) >= 11 is 0. The lowest BCUT2D eigenvalue weighted by Crippen LogP contribution is -2.43. The minimum Gasteiger partial charge on any atom is -0.493 e. The Kier molecular flexibility index (Phi) is 6.87. The van der Waals surface area contributed by atoms with E-state index in [1.165, 1.54) is 0 Å². The van der Waals surface area contributed by atoms with E-state index < -0.39 is 8.07 Å². The van der Waals surface area contributed by atoms with E-state index in [4.69, 9.17) is 9.47 Å². The van der Waals surface area contributed by atoms with E-state index in [1.807, 2.05) is 36.4 Å². The number of cyclic esters (lactones) is 1. The highest BCUT2D eigenvalue weighted by Gasteiger charge is 2.42. The van der Waals surface area contributed by atoms with Crippen molar-refractivity contribution in [2.75, 3.05) is 6.61 Å². The number of benzene rings is 1. The number of carbonyl (C=O) groups excluding carboxylic acids is 1. The molecular formula is C22H32O3Si. The summed E-state index contributed by atoms with van der Waals surface area (Å²) in [6.45, 7) is 14.3. The van der Waals surface area contributed by atoms with E-state index in [-0.39, 0.29) is 5.97 Å². The fourth-order valence-corrected chi connectivity index (χ4v) is 9.86. The lowest BCUT2D eigenvalue weighted by Gasteiger charge is -2.40. The molecule has 2 rings (SSSR count). The third-order valence-corrected chi connectivity index (χ3v) is 12.3. The maximum atomic E-state index is 12.3. The van der Waals surface area contributed by atoms with E-state index in [0.29, 0.717) is 35.2 Å². The van der Waals surface area contributed by atoms with Crippen LogP contribution in [0, 0.1) is 0 Å². The zero-order valence-corrected chi connectivity index (χ0v) is 17.9. The van der Waals surface area contributed by atoms with Gasteiger partial charge in [-0.15, -0.1) is 0 Å². The van der Waals surface area contributed by atoms with E-state index >= 15 is 0 Å². The standard InChI is InChI=1S/C22H32O3Si/c1-16(2)26(17(3)4,18(5)6)15-21-14-19(22(23)25-21)12-13-24-20-10-8-7-9-11-20/h7-11,14-18H,12-13H2,1-6H3/b21-15-. The molecule has 0 fully saturated rings. The average molecular weight is 373 g/mol. The summed E-state index contributed by atoms with van der Waals surface area (Å²) in [6.07, 6.45) is 2.48. The number of para-hydroxylation sites is 1. The minimum absolute atomic E-state index is 0.230. The second kappa shape index (κ2) is 8.72. The van der Waals surface area contributed by atoms with Crippen molar-refractivity contribution in [1.82, 2.24) is 0 Å². The molecule has 0 unspecified atom stereocenters. The summed E-state index contributed by atoms with van der Waals surface area (Å²) in [7, 11) is -1.75. The van der Waals surface area contributed by atoms with Crippen LogP contribution in [0.1, 0.15) is 48.0 Å². The molecule has 1 aromatic rings. The summed E-state index contributed by atoms with van der Waals surface area (Å²) in [6, 6.07) is 9.66. The number of allylic oxidation sites excluding steroid dienone is 1. The van der Waals surface area contributed by atoms with Gasteiger partial charge in [0.25, 0.3) is 0 Å². The Hall–Kier alpha value is -1.81. The quantitative estimate of drug-likeness (QED) is 0.412. The summed E-state index contributed by atoms with van der Waals surface area (Å²) in [4.78, 5) is 12.3. The van der Waals surface area contributed by atoms with Crippen molar-refractivity contribution in [1.29, 1.82) is 0 Å². The van der Waals surface area contributed by atoms with Crippen molar-refractivity contribution in [3.05, 3.63) is 53.4 Å². The first-order valence-corrected chi connectivity index (χ1v) is 11.9. The Morgan fingerprint density at radius 2 is 1.58 bits per heavy atom. The van der Waals surface area contributed by atoms with Gasteiger partial charge in [-0.25, -0.2) is 4.79 Å².